The van der Waals surface area contributed by atoms with E-state index in [1.165, 1.54) is 24.8 Å². The molecule has 4 heteroatoms. The van der Waals surface area contributed by atoms with E-state index in [0.29, 0.717) is 18.2 Å². The Labute approximate surface area is 127 Å². The number of methoxy groups -OCH3 is 1. The summed E-state index contributed by atoms with van der Waals surface area (Å²) in [4.78, 5) is 2.61. The summed E-state index contributed by atoms with van der Waals surface area (Å²) in [6, 6.07) is 9.20. The Hall–Kier alpha value is -1.10. The molecule has 0 bridgehead atoms. The molecular formula is C17H26N2O2. The van der Waals surface area contributed by atoms with Gasteiger partial charge in [0.2, 0.25) is 0 Å². The first kappa shape index (κ1) is 14.8. The molecule has 1 heterocycles. The largest absolute Gasteiger partial charge is 0.496 e. The fourth-order valence-electron chi connectivity index (χ4n) is 3.77. The quantitative estimate of drug-likeness (QED) is 0.901. The number of hydrogen-bond acceptors (Lipinski definition) is 4. The maximum absolute atomic E-state index is 5.91. The number of hydrogen-bond donors (Lipinski definition) is 1. The Kier molecular flexibility index (Phi) is 4.78. The summed E-state index contributed by atoms with van der Waals surface area (Å²) in [6.07, 6.45) is 4.24. The normalized spacial score (nSPS) is 27.3. The number of fused-ring (bicyclic) bond motifs is 1. The number of nitrogens with zero attached hydrogens (tertiary/aromatic N) is 1. The lowest BCUT2D eigenvalue weighted by Crippen LogP contribution is -2.50. The molecule has 1 aromatic rings. The lowest BCUT2D eigenvalue weighted by molar-refractivity contribution is -0.0581. The van der Waals surface area contributed by atoms with E-state index in [-0.39, 0.29) is 0 Å². The number of rotatable bonds is 5. The number of para-hydroxylation sites is 1. The summed E-state index contributed by atoms with van der Waals surface area (Å²) in [6.45, 7) is 2.92. The third-order valence-electron chi connectivity index (χ3n) is 4.88. The number of morpholine rings is 1. The molecule has 3 rings (SSSR count). The average Bonchev–Trinajstić information content (AvgIpc) is 3.02. The van der Waals surface area contributed by atoms with Crippen LogP contribution in [0.5, 0.6) is 5.75 Å². The summed E-state index contributed by atoms with van der Waals surface area (Å²) >= 11 is 0. The van der Waals surface area contributed by atoms with Gasteiger partial charge in [-0.25, -0.2) is 0 Å². The van der Waals surface area contributed by atoms with Crippen LogP contribution in [0, 0.1) is 0 Å². The molecule has 0 amide bonds. The molecule has 21 heavy (non-hydrogen) atoms. The minimum absolute atomic E-state index is 0.292. The van der Waals surface area contributed by atoms with Crippen LogP contribution in [0.25, 0.3) is 0 Å². The molecule has 1 N–H and O–H groups in total. The monoisotopic (exact) mass is 290 g/mol. The van der Waals surface area contributed by atoms with Gasteiger partial charge < -0.3 is 14.8 Å². The van der Waals surface area contributed by atoms with Crippen molar-refractivity contribution < 1.29 is 9.47 Å². The molecule has 3 unspecified atom stereocenters. The van der Waals surface area contributed by atoms with E-state index in [2.05, 4.69) is 22.3 Å². The van der Waals surface area contributed by atoms with Crippen LogP contribution in [-0.2, 0) is 4.74 Å². The molecule has 1 aliphatic carbocycles. The Morgan fingerprint density at radius 1 is 1.38 bits per heavy atom. The predicted octanol–water partition coefficient (Wildman–Crippen LogP) is 2.21. The number of nitrogens with one attached hydrogen (secondary N) is 1. The molecule has 1 aromatic carbocycles. The third kappa shape index (κ3) is 3.07. The summed E-state index contributed by atoms with van der Waals surface area (Å²) < 4.78 is 11.4. The molecule has 1 saturated carbocycles. The zero-order chi connectivity index (χ0) is 14.7. The van der Waals surface area contributed by atoms with Gasteiger partial charge in [-0.1, -0.05) is 18.2 Å². The van der Waals surface area contributed by atoms with Crippen molar-refractivity contribution in [2.75, 3.05) is 33.9 Å². The molecule has 2 fully saturated rings. The van der Waals surface area contributed by atoms with Crippen LogP contribution in [0.1, 0.15) is 30.9 Å². The van der Waals surface area contributed by atoms with Gasteiger partial charge >= 0.3 is 0 Å². The van der Waals surface area contributed by atoms with E-state index in [1.54, 1.807) is 7.11 Å². The standard InChI is InChI=1S/C17H26N2O2/c1-18-14(13-6-3-4-8-16(13)20-2)12-19-10-11-21-17-9-5-7-15(17)19/h3-4,6,8,14-15,17-18H,5,7,9-12H2,1-2H3. The van der Waals surface area contributed by atoms with Gasteiger partial charge in [0.25, 0.3) is 0 Å². The second-order valence-electron chi connectivity index (χ2n) is 5.99. The maximum atomic E-state index is 5.91. The lowest BCUT2D eigenvalue weighted by Gasteiger charge is -2.39. The van der Waals surface area contributed by atoms with E-state index < -0.39 is 0 Å². The Morgan fingerprint density at radius 3 is 3.05 bits per heavy atom. The van der Waals surface area contributed by atoms with Gasteiger partial charge in [0.15, 0.2) is 0 Å². The highest BCUT2D eigenvalue weighted by Crippen LogP contribution is 2.32. The van der Waals surface area contributed by atoms with E-state index in [1.807, 2.05) is 19.2 Å². The molecule has 0 spiro atoms. The van der Waals surface area contributed by atoms with Gasteiger partial charge in [-0.05, 0) is 32.4 Å². The molecule has 3 atom stereocenters. The fraction of sp³-hybridized carbons (Fsp3) is 0.647. The smallest absolute Gasteiger partial charge is 0.123 e. The highest BCUT2D eigenvalue weighted by molar-refractivity contribution is 5.36. The van der Waals surface area contributed by atoms with Crippen molar-refractivity contribution in [3.05, 3.63) is 29.8 Å². The highest BCUT2D eigenvalue weighted by atomic mass is 16.5. The summed E-state index contributed by atoms with van der Waals surface area (Å²) in [7, 11) is 3.77. The van der Waals surface area contributed by atoms with Crippen molar-refractivity contribution in [1.82, 2.24) is 10.2 Å². The highest BCUT2D eigenvalue weighted by Gasteiger charge is 2.36. The van der Waals surface area contributed by atoms with Crippen LogP contribution in [0.3, 0.4) is 0 Å². The first-order chi connectivity index (χ1) is 10.3. The Morgan fingerprint density at radius 2 is 2.24 bits per heavy atom. The van der Waals surface area contributed by atoms with Crippen molar-refractivity contribution in [1.29, 1.82) is 0 Å². The molecule has 4 nitrogen and oxygen atoms in total. The van der Waals surface area contributed by atoms with E-state index >= 15 is 0 Å². The average molecular weight is 290 g/mol. The zero-order valence-corrected chi connectivity index (χ0v) is 13.0. The first-order valence-corrected chi connectivity index (χ1v) is 7.99. The third-order valence-corrected chi connectivity index (χ3v) is 4.88. The second-order valence-corrected chi connectivity index (χ2v) is 5.99. The van der Waals surface area contributed by atoms with Crippen molar-refractivity contribution in [2.24, 2.45) is 0 Å². The number of benzene rings is 1. The molecule has 2 aliphatic rings. The van der Waals surface area contributed by atoms with Gasteiger partial charge in [-0.15, -0.1) is 0 Å². The van der Waals surface area contributed by atoms with Gasteiger partial charge in [-0.3, -0.25) is 4.90 Å². The van der Waals surface area contributed by atoms with Gasteiger partial charge in [0, 0.05) is 30.7 Å². The minimum atomic E-state index is 0.292. The second kappa shape index (κ2) is 6.77. The van der Waals surface area contributed by atoms with Crippen LogP contribution in [0.2, 0.25) is 0 Å². The topological polar surface area (TPSA) is 33.7 Å². The van der Waals surface area contributed by atoms with Crippen molar-refractivity contribution in [3.8, 4) is 5.75 Å². The number of ether oxygens (including phenoxy) is 2. The zero-order valence-electron chi connectivity index (χ0n) is 13.0. The van der Waals surface area contributed by atoms with Gasteiger partial charge in [-0.2, -0.15) is 0 Å². The summed E-state index contributed by atoms with van der Waals surface area (Å²) in [5.41, 5.74) is 1.24. The van der Waals surface area contributed by atoms with E-state index in [0.717, 1.165) is 25.4 Å². The molecular weight excluding hydrogens is 264 g/mol. The van der Waals surface area contributed by atoms with Crippen molar-refractivity contribution >= 4 is 0 Å². The SMILES string of the molecule is CNC(CN1CCOC2CCCC21)c1ccccc1OC. The van der Waals surface area contributed by atoms with Crippen LogP contribution in [0.4, 0.5) is 0 Å². The fourth-order valence-corrected chi connectivity index (χ4v) is 3.77. The van der Waals surface area contributed by atoms with Crippen LogP contribution >= 0.6 is 0 Å². The Bertz CT molecular complexity index is 466. The lowest BCUT2D eigenvalue weighted by atomic mass is 10.0. The molecule has 116 valence electrons. The summed E-state index contributed by atoms with van der Waals surface area (Å²) in [5, 5.41) is 3.46. The predicted molar refractivity (Wildman–Crippen MR) is 83.7 cm³/mol. The van der Waals surface area contributed by atoms with E-state index in [9.17, 15) is 0 Å². The molecule has 0 aromatic heterocycles. The summed E-state index contributed by atoms with van der Waals surface area (Å²) in [5.74, 6) is 0.966. The first-order valence-electron chi connectivity index (χ1n) is 7.99. The molecule has 1 saturated heterocycles. The maximum Gasteiger partial charge on any atom is 0.123 e. The van der Waals surface area contributed by atoms with Crippen molar-refractivity contribution in [3.63, 3.8) is 0 Å². The van der Waals surface area contributed by atoms with Crippen LogP contribution < -0.4 is 10.1 Å². The Balaban J connectivity index is 1.74. The number of likely N-dealkylation sites (N-methyl/N-ethyl adjacent to an activating group) is 1. The van der Waals surface area contributed by atoms with Crippen LogP contribution in [-0.4, -0.2) is 50.9 Å². The molecule has 0 radical (unpaired) electrons. The van der Waals surface area contributed by atoms with Crippen molar-refractivity contribution in [2.45, 2.75) is 37.5 Å². The minimum Gasteiger partial charge on any atom is -0.496 e. The van der Waals surface area contributed by atoms with Gasteiger partial charge in [0.1, 0.15) is 5.75 Å². The van der Waals surface area contributed by atoms with Gasteiger partial charge in [0.05, 0.1) is 19.8 Å². The molecule has 1 aliphatic heterocycles. The van der Waals surface area contributed by atoms with Crippen LogP contribution in [0.15, 0.2) is 24.3 Å². The van der Waals surface area contributed by atoms with E-state index in [4.69, 9.17) is 9.47 Å².